The van der Waals surface area contributed by atoms with Crippen LogP contribution in [0.5, 0.6) is 5.75 Å². The number of nitrogens with zero attached hydrogens (tertiary/aromatic N) is 3. The molecule has 4 aliphatic rings. The van der Waals surface area contributed by atoms with Crippen molar-refractivity contribution in [1.29, 1.82) is 0 Å². The third-order valence-electron chi connectivity index (χ3n) is 13.7. The van der Waals surface area contributed by atoms with Gasteiger partial charge in [-0.3, -0.25) is 14.1 Å². The van der Waals surface area contributed by atoms with Gasteiger partial charge in [0.15, 0.2) is 0 Å². The summed E-state index contributed by atoms with van der Waals surface area (Å²) in [7, 11) is -2.79. The zero-order valence-electron chi connectivity index (χ0n) is 44.7. The maximum Gasteiger partial charge on any atom is 0.333 e. The number of hydroxylamine groups is 2. The lowest BCUT2D eigenvalue weighted by Crippen LogP contribution is -2.47. The number of carbonyl (C=O) groups excluding carboxylic acids is 3. The number of rotatable bonds is 28. The summed E-state index contributed by atoms with van der Waals surface area (Å²) in [5.41, 5.74) is 8.08. The molecule has 76 heavy (non-hydrogen) atoms. The molecular formula is C59H73N3O13S. The van der Waals surface area contributed by atoms with Gasteiger partial charge in [-0.25, -0.2) is 4.79 Å². The first-order valence-corrected chi connectivity index (χ1v) is 27.5. The Labute approximate surface area is 447 Å². The van der Waals surface area contributed by atoms with E-state index in [1.54, 1.807) is 13.2 Å². The molecule has 1 unspecified atom stereocenters. The second-order valence-electron chi connectivity index (χ2n) is 20.0. The van der Waals surface area contributed by atoms with Crippen molar-refractivity contribution in [2.24, 2.45) is 0 Å². The minimum atomic E-state index is -4.44. The highest BCUT2D eigenvalue weighted by atomic mass is 32.2. The lowest BCUT2D eigenvalue weighted by Gasteiger charge is -2.44. The number of carbonyl (C=O) groups is 3. The monoisotopic (exact) mass is 1060 g/mol. The molecule has 0 aromatic heterocycles. The Morgan fingerprint density at radius 3 is 2.07 bits per heavy atom. The van der Waals surface area contributed by atoms with Crippen molar-refractivity contribution < 1.29 is 60.6 Å². The summed E-state index contributed by atoms with van der Waals surface area (Å²) in [6, 6.07) is 19.2. The van der Waals surface area contributed by atoms with Gasteiger partial charge in [0, 0.05) is 79.1 Å². The SMILES string of the molecule is COCCOCCOCCOCCOCCN1c2cc3c(cc2C(C)=CC1(C)C)C(/C=C/C=C/C=C/C=C1\N(CCCCCC(=O)ON2C(=O)CCC2=O)c2ccc(S(=O)(=O)O)cc2C1(C)C)=CC(c1ccccc1)O3. The molecule has 0 saturated carbocycles. The van der Waals surface area contributed by atoms with Crippen LogP contribution in [0.15, 0.2) is 126 Å². The molecule has 0 aliphatic carbocycles. The lowest BCUT2D eigenvalue weighted by atomic mass is 9.83. The number of amides is 2. The number of methoxy groups -OCH3 is 1. The van der Waals surface area contributed by atoms with Crippen LogP contribution in [-0.4, -0.2) is 121 Å². The van der Waals surface area contributed by atoms with Gasteiger partial charge < -0.3 is 43.1 Å². The molecule has 1 saturated heterocycles. The minimum Gasteiger partial charge on any atom is -0.481 e. The summed E-state index contributed by atoms with van der Waals surface area (Å²) in [6.07, 6.45) is 20.0. The van der Waals surface area contributed by atoms with Gasteiger partial charge in [-0.2, -0.15) is 8.42 Å². The van der Waals surface area contributed by atoms with E-state index < -0.39 is 33.3 Å². The number of benzene rings is 3. The molecule has 408 valence electrons. The molecule has 4 heterocycles. The van der Waals surface area contributed by atoms with Crippen molar-refractivity contribution in [2.45, 2.75) is 95.1 Å². The third-order valence-corrected chi connectivity index (χ3v) is 14.6. The topological polar surface area (TPSA) is 180 Å². The van der Waals surface area contributed by atoms with Crippen LogP contribution in [0, 0.1) is 0 Å². The molecule has 3 aromatic rings. The number of allylic oxidation sites excluding steroid dienone is 10. The van der Waals surface area contributed by atoms with E-state index >= 15 is 0 Å². The van der Waals surface area contributed by atoms with E-state index in [1.807, 2.05) is 68.5 Å². The molecule has 17 heteroatoms. The van der Waals surface area contributed by atoms with Crippen LogP contribution in [-0.2, 0) is 58.4 Å². The van der Waals surface area contributed by atoms with Gasteiger partial charge in [-0.15, -0.1) is 5.06 Å². The first-order valence-electron chi connectivity index (χ1n) is 26.1. The van der Waals surface area contributed by atoms with Crippen LogP contribution < -0.4 is 14.5 Å². The number of fused-ring (bicyclic) bond motifs is 3. The highest BCUT2D eigenvalue weighted by Crippen LogP contribution is 2.49. The number of anilines is 2. The summed E-state index contributed by atoms with van der Waals surface area (Å²) in [6.45, 7) is 16.4. The molecule has 1 atom stereocenters. The second kappa shape index (κ2) is 26.7. The molecule has 1 N–H and O–H groups in total. The van der Waals surface area contributed by atoms with Gasteiger partial charge in [0.05, 0.1) is 69.9 Å². The average Bonchev–Trinajstić information content (AvgIpc) is 3.81. The highest BCUT2D eigenvalue weighted by Gasteiger charge is 2.41. The molecule has 2 amide bonds. The Morgan fingerprint density at radius 1 is 0.750 bits per heavy atom. The standard InChI is InChI=1S/C59H73N3O13S/c1-43-42-58(2,3)61(28-29-70-32-33-72-36-37-73-35-34-71-31-30-69-6)51-41-53-48(40-47(43)51)45(38-52(74-53)44-18-13-10-14-19-44)20-12-8-7-9-15-21-54-59(4,5)49-39-46(76(66,67)68)23-24-50(49)60(54)27-17-11-16-22-57(65)75-62-55(63)25-26-56(62)64/h7-10,12-15,18-21,23-24,38-42,52H,11,16-17,22,25-37H2,1-6H3,(H,66,67,68)/b8-7+,15-9+,20-12+,54-21-. The van der Waals surface area contributed by atoms with Crippen LogP contribution in [0.1, 0.15) is 102 Å². The Bertz CT molecular complexity index is 2820. The van der Waals surface area contributed by atoms with Gasteiger partial charge in [-0.1, -0.05) is 93.1 Å². The number of imide groups is 1. The number of unbranched alkanes of at least 4 members (excludes halogenated alkanes) is 2. The highest BCUT2D eigenvalue weighted by molar-refractivity contribution is 7.85. The second-order valence-corrected chi connectivity index (χ2v) is 21.4. The average molecular weight is 1060 g/mol. The van der Waals surface area contributed by atoms with Crippen molar-refractivity contribution in [1.82, 2.24) is 5.06 Å². The zero-order chi connectivity index (χ0) is 54.3. The van der Waals surface area contributed by atoms with Crippen LogP contribution >= 0.6 is 0 Å². The molecule has 16 nitrogen and oxygen atoms in total. The Kier molecular flexibility index (Phi) is 20.2. The minimum absolute atomic E-state index is 0.0337. The summed E-state index contributed by atoms with van der Waals surface area (Å²) in [4.78, 5) is 45.5. The maximum atomic E-state index is 12.4. The summed E-state index contributed by atoms with van der Waals surface area (Å²) < 4.78 is 68.9. The van der Waals surface area contributed by atoms with Crippen LogP contribution in [0.4, 0.5) is 11.4 Å². The van der Waals surface area contributed by atoms with E-state index in [0.717, 1.165) is 50.6 Å². The molecule has 0 bridgehead atoms. The lowest BCUT2D eigenvalue weighted by molar-refractivity contribution is -0.197. The fraction of sp³-hybridized carbons (Fsp3) is 0.441. The Morgan fingerprint density at radius 2 is 1.39 bits per heavy atom. The van der Waals surface area contributed by atoms with Gasteiger partial charge in [-0.05, 0) is 92.3 Å². The fourth-order valence-electron chi connectivity index (χ4n) is 9.85. The maximum absolute atomic E-state index is 12.4. The molecule has 4 aliphatic heterocycles. The number of ether oxygens (including phenoxy) is 6. The van der Waals surface area contributed by atoms with Crippen molar-refractivity contribution in [3.05, 3.63) is 143 Å². The van der Waals surface area contributed by atoms with E-state index in [-0.39, 0.29) is 35.8 Å². The van der Waals surface area contributed by atoms with E-state index in [2.05, 4.69) is 73.1 Å². The van der Waals surface area contributed by atoms with Crippen LogP contribution in [0.2, 0.25) is 0 Å². The van der Waals surface area contributed by atoms with Crippen LogP contribution in [0.3, 0.4) is 0 Å². The molecule has 7 rings (SSSR count). The van der Waals surface area contributed by atoms with Gasteiger partial charge >= 0.3 is 5.97 Å². The van der Waals surface area contributed by atoms with Crippen LogP contribution in [0.25, 0.3) is 11.1 Å². The van der Waals surface area contributed by atoms with E-state index in [0.29, 0.717) is 96.9 Å². The Hall–Kier alpha value is -6.18. The molecule has 1 fully saturated rings. The smallest absolute Gasteiger partial charge is 0.333 e. The Balaban J connectivity index is 1.01. The first-order chi connectivity index (χ1) is 36.5. The van der Waals surface area contributed by atoms with Crippen molar-refractivity contribution in [3.63, 3.8) is 0 Å². The fourth-order valence-corrected chi connectivity index (χ4v) is 10.4. The predicted octanol–water partition coefficient (Wildman–Crippen LogP) is 9.68. The van der Waals surface area contributed by atoms with Crippen molar-refractivity contribution >= 4 is 50.4 Å². The van der Waals surface area contributed by atoms with Gasteiger partial charge in [0.25, 0.3) is 21.9 Å². The largest absolute Gasteiger partial charge is 0.481 e. The zero-order valence-corrected chi connectivity index (χ0v) is 45.5. The van der Waals surface area contributed by atoms with Crippen molar-refractivity contribution in [3.8, 4) is 5.75 Å². The van der Waals surface area contributed by atoms with Gasteiger partial charge in [0.1, 0.15) is 11.9 Å². The molecule has 0 spiro atoms. The van der Waals surface area contributed by atoms with Crippen molar-refractivity contribution in [2.75, 3.05) is 89.5 Å². The number of hydrogen-bond donors (Lipinski definition) is 1. The summed E-state index contributed by atoms with van der Waals surface area (Å²) >= 11 is 0. The quantitative estimate of drug-likeness (QED) is 0.0314. The number of hydrogen-bond acceptors (Lipinski definition) is 14. The summed E-state index contributed by atoms with van der Waals surface area (Å²) in [5, 5.41) is 0.563. The molecular weight excluding hydrogens is 991 g/mol. The van der Waals surface area contributed by atoms with Gasteiger partial charge in [0.2, 0.25) is 0 Å². The van der Waals surface area contributed by atoms with E-state index in [1.165, 1.54) is 17.7 Å². The van der Waals surface area contributed by atoms with E-state index in [4.69, 9.17) is 33.3 Å². The molecule has 0 radical (unpaired) electrons. The summed E-state index contributed by atoms with van der Waals surface area (Å²) in [5.74, 6) is -0.873. The van der Waals surface area contributed by atoms with E-state index in [9.17, 15) is 27.4 Å². The third kappa shape index (κ3) is 14.8. The molecule has 3 aromatic carbocycles. The first kappa shape index (κ1) is 57.5. The predicted molar refractivity (Wildman–Crippen MR) is 292 cm³/mol. The normalized spacial score (nSPS) is 18.4.